The van der Waals surface area contributed by atoms with Crippen molar-refractivity contribution in [3.63, 3.8) is 0 Å². The van der Waals surface area contributed by atoms with Crippen LogP contribution in [0.2, 0.25) is 5.02 Å². The van der Waals surface area contributed by atoms with Gasteiger partial charge in [-0.05, 0) is 45.0 Å². The maximum Gasteiger partial charge on any atom is 0.352 e. The number of esters is 3. The zero-order chi connectivity index (χ0) is 23.1. The van der Waals surface area contributed by atoms with Gasteiger partial charge in [0, 0.05) is 37.0 Å². The number of rotatable bonds is 8. The fourth-order valence-corrected chi connectivity index (χ4v) is 2.71. The van der Waals surface area contributed by atoms with Crippen molar-refractivity contribution in [3.05, 3.63) is 29.3 Å². The SMILES string of the molecule is CC(=O)O[C@@H](C(=O)OC(C)(C)C)[C@@H](OC(C)=O)C(=O)N(CCCl)c1ccc(Cl)cc1. The molecule has 0 N–H and O–H groups in total. The highest BCUT2D eigenvalue weighted by Gasteiger charge is 2.44. The van der Waals surface area contributed by atoms with Crippen LogP contribution in [0, 0.1) is 0 Å². The number of nitrogens with zero attached hydrogens (tertiary/aromatic N) is 1. The van der Waals surface area contributed by atoms with Crippen LogP contribution in [0.3, 0.4) is 0 Å². The summed E-state index contributed by atoms with van der Waals surface area (Å²) in [7, 11) is 0. The van der Waals surface area contributed by atoms with E-state index in [-0.39, 0.29) is 12.4 Å². The standard InChI is InChI=1S/C20H25Cl2NO7/c1-12(24)28-16(17(29-13(2)25)19(27)30-20(3,4)5)18(26)23(11-10-21)15-8-6-14(22)7-9-15/h6-9,16-17H,10-11H2,1-5H3/t16-,17-/m1/s1. The molecule has 0 spiro atoms. The molecule has 166 valence electrons. The Balaban J connectivity index is 3.39. The van der Waals surface area contributed by atoms with Gasteiger partial charge in [-0.2, -0.15) is 0 Å². The highest BCUT2D eigenvalue weighted by molar-refractivity contribution is 6.30. The summed E-state index contributed by atoms with van der Waals surface area (Å²) in [5.41, 5.74) is -0.543. The summed E-state index contributed by atoms with van der Waals surface area (Å²) in [6, 6.07) is 6.24. The van der Waals surface area contributed by atoms with E-state index in [9.17, 15) is 19.2 Å². The highest BCUT2D eigenvalue weighted by Crippen LogP contribution is 2.22. The smallest absolute Gasteiger partial charge is 0.352 e. The molecule has 10 heteroatoms. The lowest BCUT2D eigenvalue weighted by molar-refractivity contribution is -0.188. The predicted octanol–water partition coefficient (Wildman–Crippen LogP) is 3.12. The summed E-state index contributed by atoms with van der Waals surface area (Å²) < 4.78 is 15.4. The van der Waals surface area contributed by atoms with Crippen LogP contribution in [0.4, 0.5) is 5.69 Å². The van der Waals surface area contributed by atoms with Crippen molar-refractivity contribution in [3.8, 4) is 0 Å². The zero-order valence-corrected chi connectivity index (χ0v) is 19.0. The minimum atomic E-state index is -1.80. The van der Waals surface area contributed by atoms with Gasteiger partial charge in [0.15, 0.2) is 0 Å². The van der Waals surface area contributed by atoms with Gasteiger partial charge in [-0.25, -0.2) is 4.79 Å². The Labute approximate surface area is 185 Å². The van der Waals surface area contributed by atoms with E-state index >= 15 is 0 Å². The number of benzene rings is 1. The van der Waals surface area contributed by atoms with Crippen LogP contribution in [-0.2, 0) is 33.4 Å². The highest BCUT2D eigenvalue weighted by atomic mass is 35.5. The van der Waals surface area contributed by atoms with E-state index in [0.717, 1.165) is 13.8 Å². The molecule has 0 unspecified atom stereocenters. The molecule has 1 aromatic rings. The Morgan fingerprint density at radius 3 is 1.90 bits per heavy atom. The van der Waals surface area contributed by atoms with E-state index in [4.69, 9.17) is 37.4 Å². The first-order valence-corrected chi connectivity index (χ1v) is 9.97. The third kappa shape index (κ3) is 8.20. The van der Waals surface area contributed by atoms with Gasteiger partial charge in [0.25, 0.3) is 5.91 Å². The fourth-order valence-electron chi connectivity index (χ4n) is 2.42. The van der Waals surface area contributed by atoms with Gasteiger partial charge in [-0.15, -0.1) is 11.6 Å². The molecule has 0 saturated carbocycles. The van der Waals surface area contributed by atoms with E-state index in [2.05, 4.69) is 0 Å². The molecule has 30 heavy (non-hydrogen) atoms. The number of hydrogen-bond acceptors (Lipinski definition) is 7. The van der Waals surface area contributed by atoms with Crippen molar-refractivity contribution >= 4 is 52.7 Å². The Hall–Kier alpha value is -2.32. The van der Waals surface area contributed by atoms with Gasteiger partial charge < -0.3 is 19.1 Å². The third-order valence-corrected chi connectivity index (χ3v) is 3.88. The van der Waals surface area contributed by atoms with Crippen molar-refractivity contribution in [2.45, 2.75) is 52.4 Å². The molecule has 0 aliphatic heterocycles. The summed E-state index contributed by atoms with van der Waals surface area (Å²) in [5.74, 6) is -3.50. The Morgan fingerprint density at radius 2 is 1.47 bits per heavy atom. The van der Waals surface area contributed by atoms with Crippen LogP contribution >= 0.6 is 23.2 Å². The van der Waals surface area contributed by atoms with Gasteiger partial charge in [-0.1, -0.05) is 11.6 Å². The average Bonchev–Trinajstić information content (AvgIpc) is 2.61. The van der Waals surface area contributed by atoms with Crippen molar-refractivity contribution in [2.75, 3.05) is 17.3 Å². The molecular formula is C20H25Cl2NO7. The summed E-state index contributed by atoms with van der Waals surface area (Å²) in [6.45, 7) is 6.96. The normalized spacial score (nSPS) is 13.0. The second-order valence-corrected chi connectivity index (χ2v) is 8.06. The summed E-state index contributed by atoms with van der Waals surface area (Å²) >= 11 is 11.7. The monoisotopic (exact) mass is 461 g/mol. The maximum atomic E-state index is 13.3. The van der Waals surface area contributed by atoms with Crippen LogP contribution in [0.15, 0.2) is 24.3 Å². The van der Waals surface area contributed by atoms with Gasteiger partial charge in [0.2, 0.25) is 12.2 Å². The van der Waals surface area contributed by atoms with Crippen molar-refractivity contribution in [2.24, 2.45) is 0 Å². The number of alkyl halides is 1. The van der Waals surface area contributed by atoms with Crippen LogP contribution in [0.25, 0.3) is 0 Å². The van der Waals surface area contributed by atoms with E-state index in [1.165, 1.54) is 4.90 Å². The second-order valence-electron chi connectivity index (χ2n) is 7.25. The largest absolute Gasteiger partial charge is 0.457 e. The van der Waals surface area contributed by atoms with Crippen molar-refractivity contribution in [1.29, 1.82) is 0 Å². The summed E-state index contributed by atoms with van der Waals surface area (Å²) in [4.78, 5) is 50.5. The fraction of sp³-hybridized carbons (Fsp3) is 0.500. The molecule has 0 saturated heterocycles. The lowest BCUT2D eigenvalue weighted by Gasteiger charge is -2.31. The molecule has 0 fully saturated rings. The summed E-state index contributed by atoms with van der Waals surface area (Å²) in [5, 5.41) is 0.445. The van der Waals surface area contributed by atoms with Gasteiger partial charge in [-0.3, -0.25) is 14.4 Å². The molecule has 8 nitrogen and oxygen atoms in total. The number of carbonyl (C=O) groups excluding carboxylic acids is 4. The predicted molar refractivity (Wildman–Crippen MR) is 111 cm³/mol. The zero-order valence-electron chi connectivity index (χ0n) is 17.4. The molecule has 0 aliphatic carbocycles. The number of hydrogen-bond donors (Lipinski definition) is 0. The molecule has 2 atom stereocenters. The number of amides is 1. The molecule has 0 aromatic heterocycles. The number of halogens is 2. The van der Waals surface area contributed by atoms with E-state index < -0.39 is 41.6 Å². The van der Waals surface area contributed by atoms with E-state index in [0.29, 0.717) is 10.7 Å². The first-order chi connectivity index (χ1) is 13.9. The van der Waals surface area contributed by atoms with Crippen molar-refractivity contribution in [1.82, 2.24) is 0 Å². The molecule has 0 aliphatic rings. The van der Waals surface area contributed by atoms with Crippen LogP contribution < -0.4 is 4.90 Å². The number of carbonyl (C=O) groups is 4. The maximum absolute atomic E-state index is 13.3. The molecular weight excluding hydrogens is 437 g/mol. The van der Waals surface area contributed by atoms with Gasteiger partial charge in [0.1, 0.15) is 5.60 Å². The Kier molecular flexibility index (Phi) is 9.58. The topological polar surface area (TPSA) is 99.2 Å². The van der Waals surface area contributed by atoms with Crippen LogP contribution in [0.1, 0.15) is 34.6 Å². The molecule has 0 bridgehead atoms. The number of ether oxygens (including phenoxy) is 3. The summed E-state index contributed by atoms with van der Waals surface area (Å²) in [6.07, 6.45) is -3.58. The minimum absolute atomic E-state index is 0.0287. The Bertz CT molecular complexity index is 774. The quantitative estimate of drug-likeness (QED) is 0.333. The second kappa shape index (κ2) is 11.2. The van der Waals surface area contributed by atoms with Gasteiger partial charge in [0.05, 0.1) is 0 Å². The molecule has 1 aromatic carbocycles. The van der Waals surface area contributed by atoms with E-state index in [1.54, 1.807) is 45.0 Å². The van der Waals surface area contributed by atoms with E-state index in [1.807, 2.05) is 0 Å². The lowest BCUT2D eigenvalue weighted by Crippen LogP contribution is -2.53. The third-order valence-electron chi connectivity index (χ3n) is 3.46. The lowest BCUT2D eigenvalue weighted by atomic mass is 10.1. The van der Waals surface area contributed by atoms with Gasteiger partial charge >= 0.3 is 17.9 Å². The first kappa shape index (κ1) is 25.7. The van der Waals surface area contributed by atoms with Crippen LogP contribution in [0.5, 0.6) is 0 Å². The molecule has 1 rings (SSSR count). The molecule has 0 heterocycles. The average molecular weight is 462 g/mol. The Morgan fingerprint density at radius 1 is 0.967 bits per heavy atom. The number of anilines is 1. The van der Waals surface area contributed by atoms with Crippen LogP contribution in [-0.4, -0.2) is 54.0 Å². The first-order valence-electron chi connectivity index (χ1n) is 9.06. The molecule has 1 amide bonds. The minimum Gasteiger partial charge on any atom is -0.457 e. The molecule has 0 radical (unpaired) electrons. The van der Waals surface area contributed by atoms with Crippen molar-refractivity contribution < 1.29 is 33.4 Å².